The third kappa shape index (κ3) is 5.63. The fourth-order valence-electron chi connectivity index (χ4n) is 2.16. The summed E-state index contributed by atoms with van der Waals surface area (Å²) in [6, 6.07) is 2.04. The van der Waals surface area contributed by atoms with Gasteiger partial charge in [-0.25, -0.2) is 4.79 Å². The Hall–Kier alpha value is -3.24. The summed E-state index contributed by atoms with van der Waals surface area (Å²) in [5, 5.41) is 8.73. The van der Waals surface area contributed by atoms with E-state index in [1.807, 2.05) is 0 Å². The Bertz CT molecular complexity index is 849. The highest BCUT2D eigenvalue weighted by atomic mass is 19.4. The van der Waals surface area contributed by atoms with Crippen molar-refractivity contribution < 1.29 is 27.5 Å². The van der Waals surface area contributed by atoms with Crippen molar-refractivity contribution in [3.8, 4) is 5.75 Å². The number of hydrogen-bond acceptors (Lipinski definition) is 4. The number of halogens is 3. The highest BCUT2D eigenvalue weighted by molar-refractivity contribution is 6.00. The molecule has 0 spiro atoms. The summed E-state index contributed by atoms with van der Waals surface area (Å²) in [4.78, 5) is 25.2. The molecule has 11 heteroatoms. The lowest BCUT2D eigenvalue weighted by Gasteiger charge is -2.14. The van der Waals surface area contributed by atoms with E-state index in [-0.39, 0.29) is 36.2 Å². The molecule has 1 heterocycles. The Morgan fingerprint density at radius 2 is 1.96 bits per heavy atom. The molecule has 28 heavy (non-hydrogen) atoms. The Morgan fingerprint density at radius 3 is 2.57 bits per heavy atom. The summed E-state index contributed by atoms with van der Waals surface area (Å²) in [7, 11) is 3.20. The zero-order valence-electron chi connectivity index (χ0n) is 15.5. The maximum atomic E-state index is 12.9. The van der Waals surface area contributed by atoms with Crippen LogP contribution in [0.5, 0.6) is 5.75 Å². The van der Waals surface area contributed by atoms with Crippen molar-refractivity contribution in [3.63, 3.8) is 0 Å². The van der Waals surface area contributed by atoms with Gasteiger partial charge in [0.05, 0.1) is 29.7 Å². The molecule has 0 aliphatic carbocycles. The second kappa shape index (κ2) is 8.63. The van der Waals surface area contributed by atoms with Gasteiger partial charge in [-0.05, 0) is 25.1 Å². The average Bonchev–Trinajstić information content (AvgIpc) is 3.02. The standard InChI is InChI=1S/C17H20F3N5O3/c1-4-28-14-6-5-11(17(18,19)20)7-13(14)23-16(27)22-12-8-21-25(9-12)10-15(26)24(2)3/h5-9H,4,10H2,1-3H3,(H2,22,23,27). The van der Waals surface area contributed by atoms with Gasteiger partial charge in [0.1, 0.15) is 12.3 Å². The number of carbonyl (C=O) groups excluding carboxylic acids is 2. The highest BCUT2D eigenvalue weighted by Crippen LogP contribution is 2.35. The molecule has 3 amide bonds. The van der Waals surface area contributed by atoms with Gasteiger partial charge in [-0.1, -0.05) is 0 Å². The van der Waals surface area contributed by atoms with Gasteiger partial charge in [0.15, 0.2) is 0 Å². The van der Waals surface area contributed by atoms with Crippen LogP contribution in [-0.4, -0.2) is 47.3 Å². The number of nitrogens with zero attached hydrogens (tertiary/aromatic N) is 3. The van der Waals surface area contributed by atoms with Crippen LogP contribution in [-0.2, 0) is 17.5 Å². The number of hydrogen-bond donors (Lipinski definition) is 2. The molecule has 8 nitrogen and oxygen atoms in total. The second-order valence-corrected chi connectivity index (χ2v) is 5.94. The molecule has 0 fully saturated rings. The van der Waals surface area contributed by atoms with Crippen LogP contribution in [0.4, 0.5) is 29.3 Å². The Labute approximate surface area is 159 Å². The van der Waals surface area contributed by atoms with Crippen molar-refractivity contribution in [2.45, 2.75) is 19.6 Å². The number of aromatic nitrogens is 2. The second-order valence-electron chi connectivity index (χ2n) is 5.94. The van der Waals surface area contributed by atoms with Crippen LogP contribution in [0.1, 0.15) is 12.5 Å². The third-order valence-electron chi connectivity index (χ3n) is 3.54. The van der Waals surface area contributed by atoms with E-state index in [1.54, 1.807) is 21.0 Å². The number of anilines is 2. The molecule has 0 unspecified atom stereocenters. The molecule has 0 aliphatic rings. The van der Waals surface area contributed by atoms with Crippen LogP contribution >= 0.6 is 0 Å². The van der Waals surface area contributed by atoms with Gasteiger partial charge in [-0.15, -0.1) is 0 Å². The van der Waals surface area contributed by atoms with E-state index >= 15 is 0 Å². The number of ether oxygens (including phenoxy) is 1. The number of likely N-dealkylation sites (N-methyl/N-ethyl adjacent to an activating group) is 1. The van der Waals surface area contributed by atoms with Crippen LogP contribution in [0, 0.1) is 0 Å². The lowest BCUT2D eigenvalue weighted by molar-refractivity contribution is -0.137. The maximum absolute atomic E-state index is 12.9. The van der Waals surface area contributed by atoms with Crippen molar-refractivity contribution >= 4 is 23.3 Å². The highest BCUT2D eigenvalue weighted by Gasteiger charge is 2.31. The first kappa shape index (κ1) is 21.1. The summed E-state index contributed by atoms with van der Waals surface area (Å²) in [6.45, 7) is 1.87. The van der Waals surface area contributed by atoms with Gasteiger partial charge in [0.25, 0.3) is 0 Å². The maximum Gasteiger partial charge on any atom is 0.416 e. The molecule has 0 radical (unpaired) electrons. The molecule has 0 atom stereocenters. The van der Waals surface area contributed by atoms with Crippen LogP contribution in [0.15, 0.2) is 30.6 Å². The van der Waals surface area contributed by atoms with E-state index in [1.165, 1.54) is 22.0 Å². The van der Waals surface area contributed by atoms with Gasteiger partial charge in [-0.3, -0.25) is 9.48 Å². The molecule has 0 saturated carbocycles. The summed E-state index contributed by atoms with van der Waals surface area (Å²) < 4.78 is 45.4. The lowest BCUT2D eigenvalue weighted by atomic mass is 10.2. The van der Waals surface area contributed by atoms with Crippen LogP contribution in [0.2, 0.25) is 0 Å². The van der Waals surface area contributed by atoms with E-state index in [0.717, 1.165) is 18.2 Å². The fourth-order valence-corrected chi connectivity index (χ4v) is 2.16. The monoisotopic (exact) mass is 399 g/mol. The number of alkyl halides is 3. The molecule has 2 rings (SSSR count). The molecule has 2 N–H and O–H groups in total. The number of rotatable bonds is 6. The molecule has 0 bridgehead atoms. The predicted molar refractivity (Wildman–Crippen MR) is 96.2 cm³/mol. The first-order valence-electron chi connectivity index (χ1n) is 8.24. The van der Waals surface area contributed by atoms with Gasteiger partial charge in [0, 0.05) is 20.3 Å². The van der Waals surface area contributed by atoms with E-state index in [2.05, 4.69) is 15.7 Å². The van der Waals surface area contributed by atoms with Crippen molar-refractivity contribution in [2.24, 2.45) is 0 Å². The van der Waals surface area contributed by atoms with Crippen molar-refractivity contribution in [1.82, 2.24) is 14.7 Å². The smallest absolute Gasteiger partial charge is 0.416 e. The summed E-state index contributed by atoms with van der Waals surface area (Å²) in [5.74, 6) is -0.0812. The molecule has 2 aromatic rings. The molecular formula is C17H20F3N5O3. The zero-order chi connectivity index (χ0) is 20.9. The zero-order valence-corrected chi connectivity index (χ0v) is 15.5. The summed E-state index contributed by atoms with van der Waals surface area (Å²) in [5.41, 5.74) is -0.764. The van der Waals surface area contributed by atoms with Crippen LogP contribution in [0.3, 0.4) is 0 Å². The fraction of sp³-hybridized carbons (Fsp3) is 0.353. The first-order chi connectivity index (χ1) is 13.1. The van der Waals surface area contributed by atoms with Crippen LogP contribution < -0.4 is 15.4 Å². The quantitative estimate of drug-likeness (QED) is 0.782. The summed E-state index contributed by atoms with van der Waals surface area (Å²) in [6.07, 6.45) is -1.81. The minimum Gasteiger partial charge on any atom is -0.492 e. The minimum absolute atomic E-state index is 0.0155. The topological polar surface area (TPSA) is 88.5 Å². The van der Waals surface area contributed by atoms with Crippen molar-refractivity contribution in [1.29, 1.82) is 0 Å². The van der Waals surface area contributed by atoms with E-state index in [4.69, 9.17) is 4.74 Å². The largest absolute Gasteiger partial charge is 0.492 e. The Morgan fingerprint density at radius 1 is 1.25 bits per heavy atom. The summed E-state index contributed by atoms with van der Waals surface area (Å²) >= 11 is 0. The SMILES string of the molecule is CCOc1ccc(C(F)(F)F)cc1NC(=O)Nc1cnn(CC(=O)N(C)C)c1. The van der Waals surface area contributed by atoms with Gasteiger partial charge < -0.3 is 20.3 Å². The number of amides is 3. The molecule has 1 aromatic heterocycles. The van der Waals surface area contributed by atoms with E-state index in [0.29, 0.717) is 0 Å². The van der Waals surface area contributed by atoms with E-state index < -0.39 is 17.8 Å². The Kier molecular flexibility index (Phi) is 6.49. The van der Waals surface area contributed by atoms with Gasteiger partial charge in [0.2, 0.25) is 5.91 Å². The molecule has 1 aromatic carbocycles. The number of benzene rings is 1. The first-order valence-corrected chi connectivity index (χ1v) is 8.24. The normalized spacial score (nSPS) is 11.1. The molecule has 152 valence electrons. The third-order valence-corrected chi connectivity index (χ3v) is 3.54. The van der Waals surface area contributed by atoms with Gasteiger partial charge in [-0.2, -0.15) is 18.3 Å². The van der Waals surface area contributed by atoms with Crippen molar-refractivity contribution in [2.75, 3.05) is 31.3 Å². The lowest BCUT2D eigenvalue weighted by Crippen LogP contribution is -2.26. The van der Waals surface area contributed by atoms with Crippen molar-refractivity contribution in [3.05, 3.63) is 36.2 Å². The minimum atomic E-state index is -4.56. The number of carbonyl (C=O) groups is 2. The molecule has 0 saturated heterocycles. The number of urea groups is 1. The average molecular weight is 399 g/mol. The molecular weight excluding hydrogens is 379 g/mol. The van der Waals surface area contributed by atoms with E-state index in [9.17, 15) is 22.8 Å². The Balaban J connectivity index is 2.10. The van der Waals surface area contributed by atoms with Gasteiger partial charge >= 0.3 is 12.2 Å². The predicted octanol–water partition coefficient (Wildman–Crippen LogP) is 3.03. The molecule has 0 aliphatic heterocycles. The van der Waals surface area contributed by atoms with Crippen LogP contribution in [0.25, 0.3) is 0 Å². The number of nitrogens with one attached hydrogen (secondary N) is 2.